The first-order chi connectivity index (χ1) is 10.2. The predicted molar refractivity (Wildman–Crippen MR) is 86.3 cm³/mol. The first-order valence-corrected chi connectivity index (χ1v) is 8.54. The molecule has 1 aliphatic heterocycles. The van der Waals surface area contributed by atoms with Crippen molar-refractivity contribution in [3.63, 3.8) is 0 Å². The summed E-state index contributed by atoms with van der Waals surface area (Å²) in [5, 5.41) is 0. The number of rotatable bonds is 3. The summed E-state index contributed by atoms with van der Waals surface area (Å²) in [6.07, 6.45) is 6.63. The fourth-order valence-corrected chi connectivity index (χ4v) is 4.15. The third-order valence-electron chi connectivity index (χ3n) is 5.32. The Morgan fingerprint density at radius 3 is 2.86 bits per heavy atom. The van der Waals surface area contributed by atoms with Crippen LogP contribution in [-0.2, 0) is 11.2 Å². The second-order valence-corrected chi connectivity index (χ2v) is 7.03. The standard InChI is InChI=1S/C19H27NO/c1-14(2)18-9-5-6-12-20(18)19(21)13-16-11-10-15-7-3-4-8-17(15)16/h3-4,7-8,14,16,18H,5-6,9-13H2,1-2H3. The Morgan fingerprint density at radius 1 is 1.24 bits per heavy atom. The molecule has 1 saturated heterocycles. The topological polar surface area (TPSA) is 20.3 Å². The Hall–Kier alpha value is -1.31. The molecule has 0 saturated carbocycles. The molecule has 114 valence electrons. The first-order valence-electron chi connectivity index (χ1n) is 8.54. The average Bonchev–Trinajstić information content (AvgIpc) is 2.90. The van der Waals surface area contributed by atoms with E-state index in [0.717, 1.165) is 19.4 Å². The van der Waals surface area contributed by atoms with Gasteiger partial charge in [-0.3, -0.25) is 4.79 Å². The Bertz CT molecular complexity index is 508. The minimum absolute atomic E-state index is 0.384. The molecule has 2 heteroatoms. The molecule has 1 aromatic carbocycles. The van der Waals surface area contributed by atoms with Crippen LogP contribution in [0.25, 0.3) is 0 Å². The van der Waals surface area contributed by atoms with Crippen molar-refractivity contribution in [3.8, 4) is 0 Å². The van der Waals surface area contributed by atoms with Crippen LogP contribution in [0.2, 0.25) is 0 Å². The van der Waals surface area contributed by atoms with Crippen molar-refractivity contribution in [2.45, 2.75) is 64.3 Å². The molecule has 0 radical (unpaired) electrons. The van der Waals surface area contributed by atoms with Gasteiger partial charge in [-0.1, -0.05) is 38.1 Å². The van der Waals surface area contributed by atoms with Gasteiger partial charge in [-0.25, -0.2) is 0 Å². The third kappa shape index (κ3) is 3.00. The molecule has 2 atom stereocenters. The van der Waals surface area contributed by atoms with Crippen LogP contribution in [-0.4, -0.2) is 23.4 Å². The van der Waals surface area contributed by atoms with E-state index in [4.69, 9.17) is 0 Å². The van der Waals surface area contributed by atoms with E-state index in [-0.39, 0.29) is 0 Å². The first kappa shape index (κ1) is 14.6. The number of piperidine rings is 1. The number of hydrogen-bond acceptors (Lipinski definition) is 1. The number of aryl methyl sites for hydroxylation is 1. The van der Waals surface area contributed by atoms with E-state index in [1.54, 1.807) is 0 Å². The monoisotopic (exact) mass is 285 g/mol. The summed E-state index contributed by atoms with van der Waals surface area (Å²) in [5.41, 5.74) is 2.87. The number of likely N-dealkylation sites (tertiary alicyclic amines) is 1. The van der Waals surface area contributed by atoms with Crippen molar-refractivity contribution in [3.05, 3.63) is 35.4 Å². The Kier molecular flexibility index (Phi) is 4.32. The fraction of sp³-hybridized carbons (Fsp3) is 0.632. The molecule has 3 rings (SSSR count). The highest BCUT2D eigenvalue weighted by molar-refractivity contribution is 5.78. The number of carbonyl (C=O) groups is 1. The maximum atomic E-state index is 12.8. The van der Waals surface area contributed by atoms with Gasteiger partial charge in [0, 0.05) is 19.0 Å². The van der Waals surface area contributed by atoms with Crippen molar-refractivity contribution in [2.24, 2.45) is 5.92 Å². The van der Waals surface area contributed by atoms with Crippen molar-refractivity contribution in [1.29, 1.82) is 0 Å². The van der Waals surface area contributed by atoms with Crippen molar-refractivity contribution in [1.82, 2.24) is 4.90 Å². The zero-order valence-electron chi connectivity index (χ0n) is 13.3. The molecule has 1 fully saturated rings. The molecule has 0 N–H and O–H groups in total. The third-order valence-corrected chi connectivity index (χ3v) is 5.32. The summed E-state index contributed by atoms with van der Waals surface area (Å²) in [7, 11) is 0. The highest BCUT2D eigenvalue weighted by atomic mass is 16.2. The van der Waals surface area contributed by atoms with Crippen LogP contribution in [0.15, 0.2) is 24.3 Å². The van der Waals surface area contributed by atoms with Crippen molar-refractivity contribution < 1.29 is 4.79 Å². The Morgan fingerprint density at radius 2 is 2.05 bits per heavy atom. The SMILES string of the molecule is CC(C)C1CCCCN1C(=O)CC1CCc2ccccc21. The molecule has 2 unspecified atom stereocenters. The number of carbonyl (C=O) groups excluding carboxylic acids is 1. The van der Waals surface area contributed by atoms with Gasteiger partial charge in [-0.15, -0.1) is 0 Å². The fourth-order valence-electron chi connectivity index (χ4n) is 4.15. The highest BCUT2D eigenvalue weighted by Gasteiger charge is 2.31. The quantitative estimate of drug-likeness (QED) is 0.817. The van der Waals surface area contributed by atoms with Gasteiger partial charge in [-0.2, -0.15) is 0 Å². The molecule has 21 heavy (non-hydrogen) atoms. The molecule has 0 aromatic heterocycles. The maximum absolute atomic E-state index is 12.8. The van der Waals surface area contributed by atoms with Crippen molar-refractivity contribution in [2.75, 3.05) is 6.54 Å². The molecular formula is C19H27NO. The molecule has 2 aliphatic rings. The lowest BCUT2D eigenvalue weighted by Gasteiger charge is -2.39. The van der Waals surface area contributed by atoms with Crippen LogP contribution in [0.1, 0.15) is 63.0 Å². The summed E-state index contributed by atoms with van der Waals surface area (Å²) in [6.45, 7) is 5.47. The van der Waals surface area contributed by atoms with Gasteiger partial charge in [0.1, 0.15) is 0 Å². The second-order valence-electron chi connectivity index (χ2n) is 7.03. The van der Waals surface area contributed by atoms with Crippen LogP contribution in [0.5, 0.6) is 0 Å². The zero-order chi connectivity index (χ0) is 14.8. The van der Waals surface area contributed by atoms with Crippen molar-refractivity contribution >= 4 is 5.91 Å². The summed E-state index contributed by atoms with van der Waals surface area (Å²) in [5.74, 6) is 1.41. The molecule has 1 aliphatic carbocycles. The zero-order valence-corrected chi connectivity index (χ0v) is 13.3. The predicted octanol–water partition coefficient (Wildman–Crippen LogP) is 4.14. The van der Waals surface area contributed by atoms with E-state index >= 15 is 0 Å². The van der Waals surface area contributed by atoms with Gasteiger partial charge in [0.2, 0.25) is 5.91 Å². The van der Waals surface area contributed by atoms with Crippen LogP contribution in [0, 0.1) is 5.92 Å². The molecular weight excluding hydrogens is 258 g/mol. The Balaban J connectivity index is 1.69. The lowest BCUT2D eigenvalue weighted by molar-refractivity contribution is -0.136. The van der Waals surface area contributed by atoms with Gasteiger partial charge in [0.15, 0.2) is 0 Å². The van der Waals surface area contributed by atoms with E-state index in [2.05, 4.69) is 43.0 Å². The molecule has 0 bridgehead atoms. The number of hydrogen-bond donors (Lipinski definition) is 0. The van der Waals surface area contributed by atoms with E-state index in [1.807, 2.05) is 0 Å². The number of amides is 1. The summed E-state index contributed by atoms with van der Waals surface area (Å²) < 4.78 is 0. The Labute approximate surface area is 128 Å². The summed E-state index contributed by atoms with van der Waals surface area (Å²) in [4.78, 5) is 15.0. The van der Waals surface area contributed by atoms with Gasteiger partial charge < -0.3 is 4.90 Å². The smallest absolute Gasteiger partial charge is 0.223 e. The maximum Gasteiger partial charge on any atom is 0.223 e. The normalized spacial score (nSPS) is 25.2. The summed E-state index contributed by atoms with van der Waals surface area (Å²) >= 11 is 0. The van der Waals surface area contributed by atoms with Gasteiger partial charge >= 0.3 is 0 Å². The summed E-state index contributed by atoms with van der Waals surface area (Å²) in [6, 6.07) is 9.12. The van der Waals surface area contributed by atoms with E-state index < -0.39 is 0 Å². The van der Waals surface area contributed by atoms with Crippen LogP contribution in [0.3, 0.4) is 0 Å². The molecule has 1 heterocycles. The van der Waals surface area contributed by atoms with Crippen LogP contribution < -0.4 is 0 Å². The molecule has 1 aromatic rings. The lowest BCUT2D eigenvalue weighted by atomic mass is 9.91. The minimum Gasteiger partial charge on any atom is -0.339 e. The lowest BCUT2D eigenvalue weighted by Crippen LogP contribution is -2.46. The van der Waals surface area contributed by atoms with Crippen LogP contribution in [0.4, 0.5) is 0 Å². The van der Waals surface area contributed by atoms with E-state index in [0.29, 0.717) is 30.2 Å². The molecule has 0 spiro atoms. The molecule has 2 nitrogen and oxygen atoms in total. The van der Waals surface area contributed by atoms with Gasteiger partial charge in [0.25, 0.3) is 0 Å². The number of benzene rings is 1. The molecule has 1 amide bonds. The average molecular weight is 285 g/mol. The largest absolute Gasteiger partial charge is 0.339 e. The second kappa shape index (κ2) is 6.21. The van der Waals surface area contributed by atoms with Crippen LogP contribution >= 0.6 is 0 Å². The highest BCUT2D eigenvalue weighted by Crippen LogP contribution is 2.36. The van der Waals surface area contributed by atoms with Gasteiger partial charge in [0.05, 0.1) is 0 Å². The number of fused-ring (bicyclic) bond motifs is 1. The van der Waals surface area contributed by atoms with E-state index in [1.165, 1.54) is 30.4 Å². The van der Waals surface area contributed by atoms with E-state index in [9.17, 15) is 4.79 Å². The minimum atomic E-state index is 0.384. The van der Waals surface area contributed by atoms with Gasteiger partial charge in [-0.05, 0) is 55.1 Å². The number of nitrogens with zero attached hydrogens (tertiary/aromatic N) is 1.